The fourth-order valence-electron chi connectivity index (χ4n) is 0.578. The number of nitrogens with one attached hydrogen (secondary N) is 1. The summed E-state index contributed by atoms with van der Waals surface area (Å²) in [5, 5.41) is 3.21. The van der Waals surface area contributed by atoms with E-state index >= 15 is 0 Å². The van der Waals surface area contributed by atoms with Gasteiger partial charge in [0.1, 0.15) is 0 Å². The summed E-state index contributed by atoms with van der Waals surface area (Å²) in [4.78, 5) is 0. The van der Waals surface area contributed by atoms with Gasteiger partial charge in [0, 0.05) is 13.2 Å². The summed E-state index contributed by atoms with van der Waals surface area (Å²) >= 11 is 0. The Balaban J connectivity index is 2.60. The summed E-state index contributed by atoms with van der Waals surface area (Å²) in [7, 11) is 0. The van der Waals surface area contributed by atoms with E-state index in [-0.39, 0.29) is 0 Å². The van der Waals surface area contributed by atoms with Crippen molar-refractivity contribution in [3.05, 3.63) is 6.92 Å². The van der Waals surface area contributed by atoms with Crippen LogP contribution in [0.15, 0.2) is 0 Å². The molecule has 0 atom stereocenters. The molecule has 0 aromatic rings. The third-order valence-electron chi connectivity index (χ3n) is 1.04. The van der Waals surface area contributed by atoms with Crippen molar-refractivity contribution in [2.75, 3.05) is 26.3 Å². The van der Waals surface area contributed by atoms with Gasteiger partial charge in [-0.2, -0.15) is 0 Å². The Morgan fingerprint density at radius 3 is 2.89 bits per heavy atom. The molecule has 0 unspecified atom stereocenters. The first-order chi connectivity index (χ1) is 4.41. The largest absolute Gasteiger partial charge is 0.381 e. The van der Waals surface area contributed by atoms with Crippen LogP contribution in [0.4, 0.5) is 0 Å². The van der Waals surface area contributed by atoms with Crippen LogP contribution in [-0.2, 0) is 4.74 Å². The average molecular weight is 130 g/mol. The predicted molar refractivity (Wildman–Crippen MR) is 39.3 cm³/mol. The molecule has 0 bridgehead atoms. The van der Waals surface area contributed by atoms with Crippen LogP contribution < -0.4 is 5.32 Å². The van der Waals surface area contributed by atoms with E-state index < -0.39 is 0 Å². The van der Waals surface area contributed by atoms with Gasteiger partial charge in [-0.15, -0.1) is 0 Å². The lowest BCUT2D eigenvalue weighted by Crippen LogP contribution is -2.15. The van der Waals surface area contributed by atoms with Crippen LogP contribution in [0.3, 0.4) is 0 Å². The van der Waals surface area contributed by atoms with Crippen LogP contribution in [0.5, 0.6) is 0 Å². The molecule has 0 aliphatic heterocycles. The fourth-order valence-corrected chi connectivity index (χ4v) is 0.578. The van der Waals surface area contributed by atoms with Gasteiger partial charge in [-0.1, -0.05) is 6.92 Å². The van der Waals surface area contributed by atoms with Crippen LogP contribution >= 0.6 is 0 Å². The van der Waals surface area contributed by atoms with Crippen molar-refractivity contribution >= 4 is 0 Å². The summed E-state index contributed by atoms with van der Waals surface area (Å²) in [5.41, 5.74) is 0. The van der Waals surface area contributed by atoms with Crippen molar-refractivity contribution in [3.63, 3.8) is 0 Å². The molecule has 0 saturated heterocycles. The molecular formula is C7H16NO. The van der Waals surface area contributed by atoms with Crippen molar-refractivity contribution in [1.29, 1.82) is 0 Å². The minimum Gasteiger partial charge on any atom is -0.381 e. The van der Waals surface area contributed by atoms with E-state index in [1.54, 1.807) is 0 Å². The zero-order chi connectivity index (χ0) is 6.95. The quantitative estimate of drug-likeness (QED) is 0.538. The number of ether oxygens (including phenoxy) is 1. The highest BCUT2D eigenvalue weighted by molar-refractivity contribution is 4.42. The monoisotopic (exact) mass is 130 g/mol. The topological polar surface area (TPSA) is 21.3 Å². The SMILES string of the molecule is [CH2]COCCCNCC. The molecule has 0 fully saturated rings. The molecule has 0 aromatic carbocycles. The first kappa shape index (κ1) is 8.92. The normalized spacial score (nSPS) is 10.0. The van der Waals surface area contributed by atoms with Gasteiger partial charge in [0.2, 0.25) is 0 Å². The smallest absolute Gasteiger partial charge is 0.0478 e. The fraction of sp³-hybridized carbons (Fsp3) is 0.857. The highest BCUT2D eigenvalue weighted by atomic mass is 16.5. The zero-order valence-corrected chi connectivity index (χ0v) is 6.15. The number of hydrogen-bond acceptors (Lipinski definition) is 2. The van der Waals surface area contributed by atoms with Crippen molar-refractivity contribution in [2.45, 2.75) is 13.3 Å². The lowest BCUT2D eigenvalue weighted by molar-refractivity contribution is 0.158. The summed E-state index contributed by atoms with van der Waals surface area (Å²) in [6.07, 6.45) is 1.09. The molecule has 0 spiro atoms. The molecule has 0 heterocycles. The maximum Gasteiger partial charge on any atom is 0.0478 e. The van der Waals surface area contributed by atoms with E-state index in [4.69, 9.17) is 4.74 Å². The highest BCUT2D eigenvalue weighted by Crippen LogP contribution is 1.78. The average Bonchev–Trinajstić information content (AvgIpc) is 1.89. The molecule has 0 aliphatic rings. The second-order valence-electron chi connectivity index (χ2n) is 1.82. The molecule has 1 radical (unpaired) electrons. The van der Waals surface area contributed by atoms with E-state index in [0.717, 1.165) is 26.1 Å². The molecular weight excluding hydrogens is 114 g/mol. The Labute approximate surface area is 57.6 Å². The molecule has 2 heteroatoms. The van der Waals surface area contributed by atoms with Gasteiger partial charge in [-0.3, -0.25) is 0 Å². The number of rotatable bonds is 6. The third-order valence-corrected chi connectivity index (χ3v) is 1.04. The van der Waals surface area contributed by atoms with E-state index in [9.17, 15) is 0 Å². The Morgan fingerprint density at radius 2 is 2.33 bits per heavy atom. The lowest BCUT2D eigenvalue weighted by Gasteiger charge is -2.00. The lowest BCUT2D eigenvalue weighted by atomic mass is 10.4. The third kappa shape index (κ3) is 7.92. The zero-order valence-electron chi connectivity index (χ0n) is 6.15. The maximum atomic E-state index is 5.03. The summed E-state index contributed by atoms with van der Waals surface area (Å²) in [5.74, 6) is 0. The molecule has 0 rings (SSSR count). The Bertz CT molecular complexity index is 42.2. The van der Waals surface area contributed by atoms with Gasteiger partial charge in [0.15, 0.2) is 0 Å². The van der Waals surface area contributed by atoms with Crippen LogP contribution in [0.2, 0.25) is 0 Å². The van der Waals surface area contributed by atoms with E-state index in [0.29, 0.717) is 6.61 Å². The van der Waals surface area contributed by atoms with Gasteiger partial charge < -0.3 is 10.1 Å². The molecule has 0 aromatic heterocycles. The van der Waals surface area contributed by atoms with Crippen LogP contribution in [0, 0.1) is 6.92 Å². The molecule has 0 saturated carbocycles. The Hall–Kier alpha value is -0.0800. The predicted octanol–water partition coefficient (Wildman–Crippen LogP) is 0.837. The van der Waals surface area contributed by atoms with Gasteiger partial charge in [-0.05, 0) is 26.4 Å². The second kappa shape index (κ2) is 7.92. The summed E-state index contributed by atoms with van der Waals surface area (Å²) < 4.78 is 5.03. The minimum absolute atomic E-state index is 0.589. The first-order valence-corrected chi connectivity index (χ1v) is 3.49. The Kier molecular flexibility index (Phi) is 7.85. The van der Waals surface area contributed by atoms with E-state index in [1.165, 1.54) is 0 Å². The van der Waals surface area contributed by atoms with Gasteiger partial charge >= 0.3 is 0 Å². The molecule has 9 heavy (non-hydrogen) atoms. The van der Waals surface area contributed by atoms with Crippen molar-refractivity contribution in [1.82, 2.24) is 5.32 Å². The minimum atomic E-state index is 0.589. The van der Waals surface area contributed by atoms with Gasteiger partial charge in [0.05, 0.1) is 0 Å². The molecule has 0 amide bonds. The molecule has 55 valence electrons. The van der Waals surface area contributed by atoms with E-state index in [1.807, 2.05) is 0 Å². The second-order valence-corrected chi connectivity index (χ2v) is 1.82. The highest BCUT2D eigenvalue weighted by Gasteiger charge is 1.83. The molecule has 0 aliphatic carbocycles. The van der Waals surface area contributed by atoms with Crippen molar-refractivity contribution in [2.24, 2.45) is 0 Å². The van der Waals surface area contributed by atoms with Gasteiger partial charge in [0.25, 0.3) is 0 Å². The summed E-state index contributed by atoms with van der Waals surface area (Å²) in [6.45, 7) is 9.18. The molecule has 2 nitrogen and oxygen atoms in total. The van der Waals surface area contributed by atoms with Crippen LogP contribution in [0.25, 0.3) is 0 Å². The maximum absolute atomic E-state index is 5.03. The summed E-state index contributed by atoms with van der Waals surface area (Å²) in [6, 6.07) is 0. The Morgan fingerprint density at radius 1 is 1.56 bits per heavy atom. The standard InChI is InChI=1S/C7H16NO/c1-3-8-6-5-7-9-4-2/h8H,2-7H2,1H3. The van der Waals surface area contributed by atoms with Gasteiger partial charge in [-0.25, -0.2) is 0 Å². The molecule has 1 N–H and O–H groups in total. The van der Waals surface area contributed by atoms with Crippen molar-refractivity contribution < 1.29 is 4.74 Å². The van der Waals surface area contributed by atoms with E-state index in [2.05, 4.69) is 19.2 Å². The van der Waals surface area contributed by atoms with Crippen LogP contribution in [0.1, 0.15) is 13.3 Å². The van der Waals surface area contributed by atoms with Crippen molar-refractivity contribution in [3.8, 4) is 0 Å². The number of hydrogen-bond donors (Lipinski definition) is 1. The first-order valence-electron chi connectivity index (χ1n) is 3.49. The van der Waals surface area contributed by atoms with Crippen LogP contribution in [-0.4, -0.2) is 26.3 Å².